The Morgan fingerprint density at radius 1 is 1.30 bits per heavy atom. The maximum atomic E-state index is 12.7. The van der Waals surface area contributed by atoms with Crippen LogP contribution in [0.1, 0.15) is 5.82 Å². The lowest BCUT2D eigenvalue weighted by Gasteiger charge is -2.17. The second kappa shape index (κ2) is 5.89. The molecule has 9 nitrogen and oxygen atoms in total. The Morgan fingerprint density at radius 3 is 2.78 bits per heavy atom. The van der Waals surface area contributed by atoms with Crippen molar-refractivity contribution in [3.63, 3.8) is 0 Å². The molecule has 0 amide bonds. The highest BCUT2D eigenvalue weighted by Gasteiger charge is 2.22. The highest BCUT2D eigenvalue weighted by atomic mass is 32.2. The van der Waals surface area contributed by atoms with E-state index in [9.17, 15) is 8.42 Å². The molecule has 2 heterocycles. The second-order valence-electron chi connectivity index (χ2n) is 4.97. The first-order valence-electron chi connectivity index (χ1n) is 6.74. The van der Waals surface area contributed by atoms with Gasteiger partial charge < -0.3 is 4.57 Å². The zero-order chi connectivity index (χ0) is 16.4. The van der Waals surface area contributed by atoms with Crippen molar-refractivity contribution in [2.75, 3.05) is 7.05 Å². The number of rotatable bonds is 5. The number of hydrogen-bond donors (Lipinski definition) is 0. The van der Waals surface area contributed by atoms with E-state index in [1.165, 1.54) is 34.5 Å². The molecule has 1 aromatic carbocycles. The number of sulfonamides is 1. The van der Waals surface area contributed by atoms with Crippen LogP contribution in [0.3, 0.4) is 0 Å². The summed E-state index contributed by atoms with van der Waals surface area (Å²) in [6, 6.07) is 6.45. The largest absolute Gasteiger partial charge is 0.337 e. The predicted molar refractivity (Wildman–Crippen MR) is 81.0 cm³/mol. The fourth-order valence-corrected chi connectivity index (χ4v) is 3.24. The number of hydrogen-bond acceptors (Lipinski definition) is 6. The number of nitrogens with zero attached hydrogens (tertiary/aromatic N) is 7. The van der Waals surface area contributed by atoms with Gasteiger partial charge in [0.15, 0.2) is 0 Å². The van der Waals surface area contributed by atoms with Crippen molar-refractivity contribution >= 4 is 10.0 Å². The standard InChI is InChI=1S/C13H15N7O2S/c1-18-7-6-14-13(18)9-19(2)23(21,22)12-5-3-4-11(8-12)20-10-15-16-17-20/h3-8,10H,9H2,1-2H3. The van der Waals surface area contributed by atoms with Crippen LogP contribution < -0.4 is 0 Å². The minimum absolute atomic E-state index is 0.169. The lowest BCUT2D eigenvalue weighted by molar-refractivity contribution is 0.451. The van der Waals surface area contributed by atoms with E-state index in [2.05, 4.69) is 20.5 Å². The zero-order valence-corrected chi connectivity index (χ0v) is 13.4. The van der Waals surface area contributed by atoms with Gasteiger partial charge in [-0.05, 0) is 28.6 Å². The fourth-order valence-electron chi connectivity index (χ4n) is 2.08. The van der Waals surface area contributed by atoms with Gasteiger partial charge in [0.05, 0.1) is 17.1 Å². The maximum absolute atomic E-state index is 12.7. The molecule has 23 heavy (non-hydrogen) atoms. The molecular weight excluding hydrogens is 318 g/mol. The van der Waals surface area contributed by atoms with Gasteiger partial charge >= 0.3 is 0 Å². The molecule has 0 saturated carbocycles. The van der Waals surface area contributed by atoms with Gasteiger partial charge in [-0.2, -0.15) is 4.31 Å². The maximum Gasteiger partial charge on any atom is 0.243 e. The zero-order valence-electron chi connectivity index (χ0n) is 12.6. The summed E-state index contributed by atoms with van der Waals surface area (Å²) in [5, 5.41) is 10.9. The summed E-state index contributed by atoms with van der Waals surface area (Å²) in [4.78, 5) is 4.32. The molecule has 0 saturated heterocycles. The van der Waals surface area contributed by atoms with E-state index in [1.807, 2.05) is 7.05 Å². The van der Waals surface area contributed by atoms with Crippen molar-refractivity contribution in [2.45, 2.75) is 11.4 Å². The van der Waals surface area contributed by atoms with Crippen molar-refractivity contribution in [3.05, 3.63) is 48.8 Å². The molecule has 0 bridgehead atoms. The Labute approximate surface area is 133 Å². The SMILES string of the molecule is CN(Cc1nccn1C)S(=O)(=O)c1cccc(-n2cnnn2)c1. The third kappa shape index (κ3) is 2.98. The summed E-state index contributed by atoms with van der Waals surface area (Å²) >= 11 is 0. The topological polar surface area (TPSA) is 98.8 Å². The van der Waals surface area contributed by atoms with Gasteiger partial charge in [0, 0.05) is 26.5 Å². The van der Waals surface area contributed by atoms with Crippen molar-refractivity contribution in [3.8, 4) is 5.69 Å². The highest BCUT2D eigenvalue weighted by molar-refractivity contribution is 7.89. The quantitative estimate of drug-likeness (QED) is 0.662. The summed E-state index contributed by atoms with van der Waals surface area (Å²) in [6.45, 7) is 0.181. The van der Waals surface area contributed by atoms with E-state index in [1.54, 1.807) is 29.1 Å². The normalized spacial score (nSPS) is 12.0. The Balaban J connectivity index is 1.90. The van der Waals surface area contributed by atoms with E-state index >= 15 is 0 Å². The molecule has 0 aliphatic carbocycles. The van der Waals surface area contributed by atoms with Gasteiger partial charge in [-0.25, -0.2) is 18.1 Å². The van der Waals surface area contributed by atoms with Gasteiger partial charge in [-0.1, -0.05) is 6.07 Å². The minimum Gasteiger partial charge on any atom is -0.337 e. The molecule has 0 fully saturated rings. The third-order valence-electron chi connectivity index (χ3n) is 3.42. The van der Waals surface area contributed by atoms with E-state index in [0.717, 1.165) is 0 Å². The molecule has 0 spiro atoms. The van der Waals surface area contributed by atoms with Crippen LogP contribution in [0.25, 0.3) is 5.69 Å². The van der Waals surface area contributed by atoms with E-state index in [0.29, 0.717) is 11.5 Å². The first kappa shape index (κ1) is 15.3. The summed E-state index contributed by atoms with van der Waals surface area (Å²) < 4.78 is 29.9. The molecule has 0 aliphatic heterocycles. The van der Waals surface area contributed by atoms with Crippen LogP contribution in [-0.2, 0) is 23.6 Å². The van der Waals surface area contributed by atoms with Gasteiger partial charge in [0.2, 0.25) is 10.0 Å². The van der Waals surface area contributed by atoms with Crippen molar-refractivity contribution < 1.29 is 8.42 Å². The van der Waals surface area contributed by atoms with Crippen LogP contribution >= 0.6 is 0 Å². The van der Waals surface area contributed by atoms with Crippen LogP contribution in [0.2, 0.25) is 0 Å². The number of aromatic nitrogens is 6. The molecule has 3 aromatic rings. The third-order valence-corrected chi connectivity index (χ3v) is 5.22. The van der Waals surface area contributed by atoms with Gasteiger partial charge in [0.25, 0.3) is 0 Å². The number of aryl methyl sites for hydroxylation is 1. The highest BCUT2D eigenvalue weighted by Crippen LogP contribution is 2.19. The van der Waals surface area contributed by atoms with Crippen molar-refractivity contribution in [1.29, 1.82) is 0 Å². The molecule has 0 atom stereocenters. The molecule has 3 rings (SSSR count). The Morgan fingerprint density at radius 2 is 2.13 bits per heavy atom. The Bertz CT molecular complexity index is 902. The van der Waals surface area contributed by atoms with Crippen LogP contribution in [0.4, 0.5) is 0 Å². The fraction of sp³-hybridized carbons (Fsp3) is 0.231. The first-order chi connectivity index (χ1) is 11.0. The van der Waals surface area contributed by atoms with Gasteiger partial charge in [-0.15, -0.1) is 5.10 Å². The summed E-state index contributed by atoms with van der Waals surface area (Å²) in [5.41, 5.74) is 0.571. The van der Waals surface area contributed by atoms with Crippen molar-refractivity contribution in [2.24, 2.45) is 7.05 Å². The van der Waals surface area contributed by atoms with Crippen LogP contribution in [0, 0.1) is 0 Å². The van der Waals surface area contributed by atoms with E-state index in [-0.39, 0.29) is 11.4 Å². The molecule has 0 N–H and O–H groups in total. The number of imidazole rings is 1. The van der Waals surface area contributed by atoms with Crippen molar-refractivity contribution in [1.82, 2.24) is 34.1 Å². The van der Waals surface area contributed by atoms with E-state index in [4.69, 9.17) is 0 Å². The van der Waals surface area contributed by atoms with Crippen LogP contribution in [0.5, 0.6) is 0 Å². The Hall–Kier alpha value is -2.59. The molecule has 120 valence electrons. The molecule has 0 radical (unpaired) electrons. The summed E-state index contributed by atoms with van der Waals surface area (Å²) in [5.74, 6) is 0.660. The van der Waals surface area contributed by atoms with Crippen LogP contribution in [0.15, 0.2) is 47.9 Å². The second-order valence-corrected chi connectivity index (χ2v) is 7.01. The lowest BCUT2D eigenvalue weighted by Crippen LogP contribution is -2.27. The van der Waals surface area contributed by atoms with Gasteiger partial charge in [-0.3, -0.25) is 0 Å². The molecule has 2 aromatic heterocycles. The number of tetrazole rings is 1. The molecule has 10 heteroatoms. The molecule has 0 aliphatic rings. The molecule has 0 unspecified atom stereocenters. The van der Waals surface area contributed by atoms with E-state index < -0.39 is 10.0 Å². The average molecular weight is 333 g/mol. The first-order valence-corrected chi connectivity index (χ1v) is 8.18. The minimum atomic E-state index is -3.65. The smallest absolute Gasteiger partial charge is 0.243 e. The number of benzene rings is 1. The Kier molecular flexibility index (Phi) is 3.92. The van der Waals surface area contributed by atoms with Crippen LogP contribution in [-0.4, -0.2) is 49.5 Å². The average Bonchev–Trinajstić information content (AvgIpc) is 3.20. The predicted octanol–water partition coefficient (Wildman–Crippen LogP) is 0.216. The summed E-state index contributed by atoms with van der Waals surface area (Å²) in [6.07, 6.45) is 4.81. The van der Waals surface area contributed by atoms with Gasteiger partial charge in [0.1, 0.15) is 12.2 Å². The summed E-state index contributed by atoms with van der Waals surface area (Å²) in [7, 11) is -0.305. The lowest BCUT2D eigenvalue weighted by atomic mass is 10.3. The monoisotopic (exact) mass is 333 g/mol. The molecular formula is C13H15N7O2S.